The van der Waals surface area contributed by atoms with Crippen molar-refractivity contribution in [1.29, 1.82) is 0 Å². The van der Waals surface area contributed by atoms with Crippen LogP contribution in [0.3, 0.4) is 0 Å². The van der Waals surface area contributed by atoms with Crippen molar-refractivity contribution in [2.75, 3.05) is 11.9 Å². The molecule has 0 spiro atoms. The lowest BCUT2D eigenvalue weighted by Crippen LogP contribution is -2.64. The quantitative estimate of drug-likeness (QED) is 0.0250. The number of esters is 1. The van der Waals surface area contributed by atoms with E-state index < -0.39 is 120 Å². The molecule has 2 saturated heterocycles. The van der Waals surface area contributed by atoms with E-state index in [2.05, 4.69) is 15.6 Å². The number of rotatable bonds is 25. The second-order valence-electron chi connectivity index (χ2n) is 22.4. The fourth-order valence-electron chi connectivity index (χ4n) is 11.9. The summed E-state index contributed by atoms with van der Waals surface area (Å²) in [6, 6.07) is 16.0. The first-order valence-corrected chi connectivity index (χ1v) is 30.0. The minimum absolute atomic E-state index is 0.000346. The second kappa shape index (κ2) is 28.5. The molecule has 2 saturated carbocycles. The smallest absolute Gasteiger partial charge is 0.338 e. The number of Topliss-reactive ketones (excluding diaryl/α,β-unsaturated/α-hetero) is 1. The van der Waals surface area contributed by atoms with E-state index in [1.807, 2.05) is 6.92 Å². The number of anilines is 1. The Morgan fingerprint density at radius 2 is 1.60 bits per heavy atom. The van der Waals surface area contributed by atoms with E-state index in [9.17, 15) is 62.8 Å². The van der Waals surface area contributed by atoms with Gasteiger partial charge >= 0.3 is 11.9 Å². The van der Waals surface area contributed by atoms with Crippen LogP contribution < -0.4 is 5.32 Å². The number of nitrogens with zero attached hydrogens (tertiary/aromatic N) is 3. The van der Waals surface area contributed by atoms with Crippen LogP contribution in [-0.4, -0.2) is 169 Å². The number of aliphatic hydroxyl groups excluding tert-OH is 5. The summed E-state index contributed by atoms with van der Waals surface area (Å²) in [6.45, 7) is 4.67. The molecule has 82 heavy (non-hydrogen) atoms. The number of benzene rings is 3. The van der Waals surface area contributed by atoms with Gasteiger partial charge < -0.3 is 64.4 Å². The zero-order valence-electron chi connectivity index (χ0n) is 46.4. The highest BCUT2D eigenvalue weighted by Crippen LogP contribution is 2.41. The Morgan fingerprint density at radius 1 is 0.841 bits per heavy atom. The Morgan fingerprint density at radius 3 is 2.30 bits per heavy atom. The summed E-state index contributed by atoms with van der Waals surface area (Å²) in [5.41, 5.74) is 1.66. The van der Waals surface area contributed by atoms with Crippen LogP contribution in [0.2, 0.25) is 0 Å². The first kappa shape index (κ1) is 62.7. The van der Waals surface area contributed by atoms with Crippen molar-refractivity contribution in [1.82, 2.24) is 15.0 Å². The minimum atomic E-state index is -4.58. The molecule has 2 aliphatic heterocycles. The van der Waals surface area contributed by atoms with Crippen molar-refractivity contribution >= 4 is 50.2 Å². The van der Waals surface area contributed by atoms with Crippen LogP contribution in [0, 0.1) is 24.7 Å². The molecule has 450 valence electrons. The number of carboxylic acids is 1. The zero-order chi connectivity index (χ0) is 58.8. The van der Waals surface area contributed by atoms with Crippen LogP contribution in [0.25, 0.3) is 10.8 Å². The third-order valence-corrected chi connectivity index (χ3v) is 17.2. The third kappa shape index (κ3) is 15.7. The molecule has 3 aromatic carbocycles. The number of aryl methyl sites for hydroxylation is 3. The number of carboxylic acid groups (broad SMARTS) is 1. The number of aliphatic hydroxyl groups is 5. The van der Waals surface area contributed by atoms with Gasteiger partial charge in [0.05, 0.1) is 36.2 Å². The van der Waals surface area contributed by atoms with E-state index in [1.165, 1.54) is 25.1 Å². The lowest BCUT2D eigenvalue weighted by molar-refractivity contribution is -0.349. The number of ether oxygens (including phenoxy) is 6. The van der Waals surface area contributed by atoms with E-state index in [1.54, 1.807) is 60.3 Å². The van der Waals surface area contributed by atoms with Crippen molar-refractivity contribution in [3.05, 3.63) is 83.7 Å². The van der Waals surface area contributed by atoms with Crippen LogP contribution in [0.4, 0.5) is 5.69 Å². The zero-order valence-corrected chi connectivity index (χ0v) is 47.2. The topological polar surface area (TPSA) is 342 Å². The number of hydrogen-bond donors (Lipinski definition) is 8. The number of aliphatic carboxylic acids is 1. The van der Waals surface area contributed by atoms with Crippen molar-refractivity contribution in [2.45, 2.75) is 208 Å². The van der Waals surface area contributed by atoms with Gasteiger partial charge in [0.25, 0.3) is 10.1 Å². The van der Waals surface area contributed by atoms with Crippen LogP contribution in [0.1, 0.15) is 125 Å². The average molecular weight is 1170 g/mol. The maximum absolute atomic E-state index is 14.4. The third-order valence-electron chi connectivity index (χ3n) is 16.4. The fraction of sp³-hybridized carbons (Fsp3) is 0.621. The molecule has 23 nitrogen and oxygen atoms in total. The van der Waals surface area contributed by atoms with E-state index in [-0.39, 0.29) is 64.8 Å². The fourth-order valence-corrected chi connectivity index (χ4v) is 12.7. The average Bonchev–Trinajstić information content (AvgIpc) is 3.08. The number of amides is 1. The molecular weight excluding hydrogens is 1090 g/mol. The number of carbonyl (C=O) groups is 4. The molecule has 24 heteroatoms. The van der Waals surface area contributed by atoms with Gasteiger partial charge in [-0.25, -0.2) is 9.59 Å². The molecule has 15 atom stereocenters. The molecule has 14 unspecified atom stereocenters. The molecule has 8 rings (SSSR count). The standard InChI is InChI=1S/C58H78N4O19S/c1-4-35-28-38(41(64)22-12-11-20-39-30-62(61-60-39)24-14-23-46(65)59-40-21-13-19-37-25-32(2)26-45(47(37)40)82(73,74)75)29-42(52(35)81-57-51(69)50(68)48(66)33(3)76-57)78-58-54(80-56(72)36-17-9-6-10-18-36)53(49(67)44(31-63)79-58)77-43(55(70)71)27-34-15-7-5-8-16-34/h6,9-10,13,17-19,21,25-26,30,33-35,38,42-44,48-54,57-58,63,66-69H,4-5,7-8,11-12,14-16,20,22-24,27-29,31H2,1-3H3,(H,59,65)(H,70,71)(H,73,74,75)/t33?,35?,38?,42?,43-,44?,48?,49?,50?,51?,52?,53?,54?,57?,58?/m0/s1. The monoisotopic (exact) mass is 1170 g/mol. The van der Waals surface area contributed by atoms with Crippen molar-refractivity contribution in [2.24, 2.45) is 17.8 Å². The molecule has 3 heterocycles. The summed E-state index contributed by atoms with van der Waals surface area (Å²) in [4.78, 5) is 53.9. The van der Waals surface area contributed by atoms with Crippen LogP contribution >= 0.6 is 0 Å². The number of unbranched alkanes of at least 4 members (excludes halogenated alkanes) is 1. The van der Waals surface area contributed by atoms with Gasteiger partial charge in [-0.05, 0) is 106 Å². The van der Waals surface area contributed by atoms with Gasteiger partial charge in [-0.15, -0.1) is 5.10 Å². The van der Waals surface area contributed by atoms with Gasteiger partial charge in [-0.3, -0.25) is 18.8 Å². The van der Waals surface area contributed by atoms with E-state index >= 15 is 0 Å². The predicted molar refractivity (Wildman–Crippen MR) is 292 cm³/mol. The maximum atomic E-state index is 14.4. The summed E-state index contributed by atoms with van der Waals surface area (Å²) < 4.78 is 73.8. The molecule has 0 radical (unpaired) electrons. The Hall–Kier alpha value is -5.35. The van der Waals surface area contributed by atoms with E-state index in [0.717, 1.165) is 32.1 Å². The van der Waals surface area contributed by atoms with Gasteiger partial charge in [-0.2, -0.15) is 8.42 Å². The highest BCUT2D eigenvalue weighted by molar-refractivity contribution is 7.86. The molecular formula is C58H78N4O19S. The Bertz CT molecular complexity index is 2910. The molecule has 4 aliphatic rings. The Balaban J connectivity index is 0.945. The highest BCUT2D eigenvalue weighted by atomic mass is 32.2. The second-order valence-corrected chi connectivity index (χ2v) is 23.7. The van der Waals surface area contributed by atoms with Crippen molar-refractivity contribution < 1.29 is 91.2 Å². The van der Waals surface area contributed by atoms with Gasteiger partial charge in [0.2, 0.25) is 5.91 Å². The lowest BCUT2D eigenvalue weighted by Gasteiger charge is -2.49. The van der Waals surface area contributed by atoms with Gasteiger partial charge in [0.1, 0.15) is 47.3 Å². The number of nitrogens with one attached hydrogen (secondary N) is 1. The highest BCUT2D eigenvalue weighted by Gasteiger charge is 2.54. The van der Waals surface area contributed by atoms with E-state index in [4.69, 9.17) is 28.4 Å². The number of aromatic nitrogens is 3. The summed E-state index contributed by atoms with van der Waals surface area (Å²) in [6.07, 6.45) is -9.65. The summed E-state index contributed by atoms with van der Waals surface area (Å²) in [5.74, 6) is -3.70. The summed E-state index contributed by atoms with van der Waals surface area (Å²) >= 11 is 0. The van der Waals surface area contributed by atoms with Crippen LogP contribution in [-0.2, 0) is 65.9 Å². The van der Waals surface area contributed by atoms with Crippen LogP contribution in [0.15, 0.2) is 71.8 Å². The normalized spacial score (nSPS) is 29.5. The molecule has 1 amide bonds. The maximum Gasteiger partial charge on any atom is 0.338 e. The largest absolute Gasteiger partial charge is 0.479 e. The summed E-state index contributed by atoms with van der Waals surface area (Å²) in [5, 5.41) is 77.4. The van der Waals surface area contributed by atoms with Crippen LogP contribution in [0.5, 0.6) is 0 Å². The minimum Gasteiger partial charge on any atom is -0.479 e. The van der Waals surface area contributed by atoms with Crippen molar-refractivity contribution in [3.63, 3.8) is 0 Å². The number of fused-ring (bicyclic) bond motifs is 1. The Labute approximate surface area is 476 Å². The molecule has 8 N–H and O–H groups in total. The molecule has 2 aliphatic carbocycles. The predicted octanol–water partition coefficient (Wildman–Crippen LogP) is 4.83. The first-order chi connectivity index (χ1) is 39.2. The number of carbonyl (C=O) groups excluding carboxylic acids is 3. The van der Waals surface area contributed by atoms with Gasteiger partial charge in [0, 0.05) is 42.6 Å². The Kier molecular flexibility index (Phi) is 21.8. The molecule has 0 bridgehead atoms. The SMILES string of the molecule is CCC1CC(C(=O)CCCCc2cn(CCCC(=O)Nc3cccc4cc(C)cc(S(=O)(=O)O)c34)nn2)CC(OC2OC(CO)C(O)C(O[C@@H](CC3CCCCC3)C(=O)O)C2OC(=O)c2ccccc2)C1OC1OC(C)C(O)C(O)C1O. The number of ketones is 1. The van der Waals surface area contributed by atoms with Gasteiger partial charge in [0.15, 0.2) is 24.8 Å². The molecule has 4 fully saturated rings. The summed E-state index contributed by atoms with van der Waals surface area (Å²) in [7, 11) is -4.58. The van der Waals surface area contributed by atoms with Gasteiger partial charge in [-0.1, -0.05) is 87.1 Å². The lowest BCUT2D eigenvalue weighted by atomic mass is 9.74. The van der Waals surface area contributed by atoms with E-state index in [0.29, 0.717) is 61.7 Å². The first-order valence-electron chi connectivity index (χ1n) is 28.5. The van der Waals surface area contributed by atoms with Crippen molar-refractivity contribution in [3.8, 4) is 0 Å². The molecule has 4 aromatic rings. The number of hydrogen-bond acceptors (Lipinski definition) is 19. The molecule has 1 aromatic heterocycles.